The molecule has 0 aliphatic carbocycles. The summed E-state index contributed by atoms with van der Waals surface area (Å²) in [6, 6.07) is 10.3. The Morgan fingerprint density at radius 3 is 2.58 bits per heavy atom. The molecule has 0 fully saturated rings. The maximum absolute atomic E-state index is 13.2. The first kappa shape index (κ1) is 20.5. The van der Waals surface area contributed by atoms with Crippen molar-refractivity contribution in [2.75, 3.05) is 6.54 Å². The molecule has 8 heteroatoms. The fourth-order valence-corrected chi connectivity index (χ4v) is 4.02. The molecule has 0 aliphatic heterocycles. The number of carbonyl (C=O) groups excluding carboxylic acids is 1. The van der Waals surface area contributed by atoms with E-state index in [2.05, 4.69) is 26.0 Å². The Kier molecular flexibility index (Phi) is 6.91. The second kappa shape index (κ2) is 8.75. The molecule has 2 aromatic carbocycles. The lowest BCUT2D eigenvalue weighted by molar-refractivity contribution is 0.0954. The third-order valence-electron chi connectivity index (χ3n) is 3.48. The van der Waals surface area contributed by atoms with Crippen LogP contribution in [0.2, 0.25) is 0 Å². The molecule has 0 atom stereocenters. The molecular weight excluding hydrogens is 423 g/mol. The zero-order valence-electron chi connectivity index (χ0n) is 14.4. The van der Waals surface area contributed by atoms with E-state index < -0.39 is 10.0 Å². The van der Waals surface area contributed by atoms with Crippen LogP contribution in [0.4, 0.5) is 4.39 Å². The molecule has 0 bridgehead atoms. The number of sulfonamides is 1. The molecule has 26 heavy (non-hydrogen) atoms. The molecule has 2 aromatic rings. The summed E-state index contributed by atoms with van der Waals surface area (Å²) in [4.78, 5) is 12.3. The molecule has 0 aliphatic rings. The summed E-state index contributed by atoms with van der Waals surface area (Å²) >= 11 is 3.12. The van der Waals surface area contributed by atoms with Crippen molar-refractivity contribution in [1.29, 1.82) is 0 Å². The van der Waals surface area contributed by atoms with Gasteiger partial charge in [0.15, 0.2) is 0 Å². The Morgan fingerprint density at radius 2 is 1.92 bits per heavy atom. The lowest BCUT2D eigenvalue weighted by Crippen LogP contribution is -2.30. The minimum atomic E-state index is -3.66. The van der Waals surface area contributed by atoms with Gasteiger partial charge in [0.25, 0.3) is 5.91 Å². The van der Waals surface area contributed by atoms with E-state index in [1.165, 1.54) is 24.3 Å². The van der Waals surface area contributed by atoms with Gasteiger partial charge in [0.2, 0.25) is 10.0 Å². The SMILES string of the molecule is CC(C)NS(=O)(=O)c1cccc(C(=O)NCCc2ccc(F)c(Br)c2)c1. The van der Waals surface area contributed by atoms with Crippen LogP contribution in [0.5, 0.6) is 0 Å². The van der Waals surface area contributed by atoms with E-state index in [1.54, 1.807) is 32.0 Å². The number of carbonyl (C=O) groups is 1. The summed E-state index contributed by atoms with van der Waals surface area (Å²) in [6.45, 7) is 3.79. The van der Waals surface area contributed by atoms with Crippen molar-refractivity contribution in [1.82, 2.24) is 10.0 Å². The van der Waals surface area contributed by atoms with Crippen LogP contribution in [0.3, 0.4) is 0 Å². The lowest BCUT2D eigenvalue weighted by atomic mass is 10.1. The molecule has 2 N–H and O–H groups in total. The number of amides is 1. The molecule has 5 nitrogen and oxygen atoms in total. The van der Waals surface area contributed by atoms with Crippen molar-refractivity contribution in [2.45, 2.75) is 31.2 Å². The topological polar surface area (TPSA) is 75.3 Å². The maximum Gasteiger partial charge on any atom is 0.251 e. The van der Waals surface area contributed by atoms with Crippen LogP contribution in [-0.4, -0.2) is 26.9 Å². The lowest BCUT2D eigenvalue weighted by Gasteiger charge is -2.11. The Bertz CT molecular complexity index is 901. The predicted octanol–water partition coefficient (Wildman–Crippen LogP) is 3.25. The molecule has 1 amide bonds. The number of hydrogen-bond donors (Lipinski definition) is 2. The number of benzene rings is 2. The van der Waals surface area contributed by atoms with Gasteiger partial charge in [0.1, 0.15) is 5.82 Å². The largest absolute Gasteiger partial charge is 0.352 e. The quantitative estimate of drug-likeness (QED) is 0.690. The van der Waals surface area contributed by atoms with Crippen molar-refractivity contribution < 1.29 is 17.6 Å². The highest BCUT2D eigenvalue weighted by Crippen LogP contribution is 2.17. The zero-order chi connectivity index (χ0) is 19.3. The van der Waals surface area contributed by atoms with E-state index in [0.29, 0.717) is 17.4 Å². The molecule has 0 aromatic heterocycles. The van der Waals surface area contributed by atoms with Gasteiger partial charge in [-0.05, 0) is 72.1 Å². The Hall–Kier alpha value is -1.77. The van der Waals surface area contributed by atoms with E-state index in [4.69, 9.17) is 0 Å². The van der Waals surface area contributed by atoms with Crippen molar-refractivity contribution in [3.05, 3.63) is 63.9 Å². The highest BCUT2D eigenvalue weighted by atomic mass is 79.9. The summed E-state index contributed by atoms with van der Waals surface area (Å²) in [5.74, 6) is -0.710. The van der Waals surface area contributed by atoms with Crippen molar-refractivity contribution >= 4 is 31.9 Å². The summed E-state index contributed by atoms with van der Waals surface area (Å²) in [7, 11) is -3.66. The third-order valence-corrected chi connectivity index (χ3v) is 5.74. The van der Waals surface area contributed by atoms with Gasteiger partial charge < -0.3 is 5.32 Å². The molecule has 140 valence electrons. The van der Waals surface area contributed by atoms with Gasteiger partial charge in [-0.3, -0.25) is 4.79 Å². The minimum absolute atomic E-state index is 0.0429. The Morgan fingerprint density at radius 1 is 1.19 bits per heavy atom. The summed E-state index contributed by atoms with van der Waals surface area (Å²) < 4.78 is 40.5. The van der Waals surface area contributed by atoms with Crippen LogP contribution in [-0.2, 0) is 16.4 Å². The van der Waals surface area contributed by atoms with Crippen LogP contribution in [0.1, 0.15) is 29.8 Å². The smallest absolute Gasteiger partial charge is 0.251 e. The van der Waals surface area contributed by atoms with Gasteiger partial charge >= 0.3 is 0 Å². The highest BCUT2D eigenvalue weighted by Gasteiger charge is 2.17. The summed E-state index contributed by atoms with van der Waals surface area (Å²) in [5, 5.41) is 2.74. The van der Waals surface area contributed by atoms with E-state index in [1.807, 2.05) is 0 Å². The standard InChI is InChI=1S/C18H20BrFN2O3S/c1-12(2)22-26(24,25)15-5-3-4-14(11-15)18(23)21-9-8-13-6-7-17(20)16(19)10-13/h3-7,10-12,22H,8-9H2,1-2H3,(H,21,23). The zero-order valence-corrected chi connectivity index (χ0v) is 16.8. The summed E-state index contributed by atoms with van der Waals surface area (Å²) in [5.41, 5.74) is 1.13. The van der Waals surface area contributed by atoms with Gasteiger partial charge in [-0.2, -0.15) is 0 Å². The molecule has 0 saturated heterocycles. The number of rotatable bonds is 7. The van der Waals surface area contributed by atoms with Crippen LogP contribution < -0.4 is 10.0 Å². The van der Waals surface area contributed by atoms with E-state index in [-0.39, 0.29) is 28.2 Å². The number of hydrogen-bond acceptors (Lipinski definition) is 3. The Balaban J connectivity index is 2.01. The molecular formula is C18H20BrFN2O3S. The monoisotopic (exact) mass is 442 g/mol. The first-order valence-electron chi connectivity index (χ1n) is 8.03. The van der Waals surface area contributed by atoms with Crippen LogP contribution in [0.25, 0.3) is 0 Å². The first-order valence-corrected chi connectivity index (χ1v) is 10.3. The fourth-order valence-electron chi connectivity index (χ4n) is 2.30. The summed E-state index contributed by atoms with van der Waals surface area (Å²) in [6.07, 6.45) is 0.525. The molecule has 0 radical (unpaired) electrons. The van der Waals surface area contributed by atoms with Gasteiger partial charge in [-0.15, -0.1) is 0 Å². The second-order valence-electron chi connectivity index (χ2n) is 6.06. The molecule has 0 unspecified atom stereocenters. The van der Waals surface area contributed by atoms with Gasteiger partial charge in [0, 0.05) is 18.2 Å². The average Bonchev–Trinajstić information content (AvgIpc) is 2.57. The van der Waals surface area contributed by atoms with Crippen molar-refractivity contribution in [3.8, 4) is 0 Å². The van der Waals surface area contributed by atoms with Crippen molar-refractivity contribution in [2.24, 2.45) is 0 Å². The van der Waals surface area contributed by atoms with Gasteiger partial charge in [-0.1, -0.05) is 12.1 Å². The fraction of sp³-hybridized carbons (Fsp3) is 0.278. The van der Waals surface area contributed by atoms with E-state index >= 15 is 0 Å². The molecule has 0 heterocycles. The number of halogens is 2. The van der Waals surface area contributed by atoms with E-state index in [0.717, 1.165) is 5.56 Å². The normalized spacial score (nSPS) is 11.6. The Labute approximate surface area is 161 Å². The van der Waals surface area contributed by atoms with Crippen LogP contribution in [0.15, 0.2) is 51.8 Å². The van der Waals surface area contributed by atoms with Crippen molar-refractivity contribution in [3.63, 3.8) is 0 Å². The molecule has 2 rings (SSSR count). The van der Waals surface area contributed by atoms with Crippen LogP contribution >= 0.6 is 15.9 Å². The number of nitrogens with one attached hydrogen (secondary N) is 2. The average molecular weight is 443 g/mol. The molecule has 0 saturated carbocycles. The minimum Gasteiger partial charge on any atom is -0.352 e. The van der Waals surface area contributed by atoms with Gasteiger partial charge in [0.05, 0.1) is 9.37 Å². The first-order chi connectivity index (χ1) is 12.2. The highest BCUT2D eigenvalue weighted by molar-refractivity contribution is 9.10. The third kappa shape index (κ3) is 5.62. The predicted molar refractivity (Wildman–Crippen MR) is 102 cm³/mol. The van der Waals surface area contributed by atoms with E-state index in [9.17, 15) is 17.6 Å². The maximum atomic E-state index is 13.2. The second-order valence-corrected chi connectivity index (χ2v) is 8.63. The van der Waals surface area contributed by atoms with Crippen LogP contribution in [0, 0.1) is 5.82 Å². The molecule has 0 spiro atoms. The van der Waals surface area contributed by atoms with Gasteiger partial charge in [-0.25, -0.2) is 17.5 Å².